The summed E-state index contributed by atoms with van der Waals surface area (Å²) >= 11 is 3.12. The van der Waals surface area contributed by atoms with Crippen molar-refractivity contribution in [3.8, 4) is 0 Å². The van der Waals surface area contributed by atoms with Crippen molar-refractivity contribution in [3.05, 3.63) is 30.3 Å². The number of nitrogens with two attached hydrogens (primary N) is 1. The van der Waals surface area contributed by atoms with Crippen LogP contribution < -0.4 is 10.5 Å². The Morgan fingerprint density at radius 3 is 2.40 bits per heavy atom. The molecule has 1 heterocycles. The van der Waals surface area contributed by atoms with Gasteiger partial charge in [0.1, 0.15) is 5.60 Å². The minimum atomic E-state index is -0.725. The molecule has 5 nitrogen and oxygen atoms in total. The van der Waals surface area contributed by atoms with Crippen molar-refractivity contribution in [2.45, 2.75) is 50.8 Å². The molecule has 0 aliphatic carbocycles. The summed E-state index contributed by atoms with van der Waals surface area (Å²) in [4.78, 5) is 21.5. The zero-order valence-electron chi connectivity index (χ0n) is 15.3. The van der Waals surface area contributed by atoms with E-state index in [1.165, 1.54) is 22.0 Å². The van der Waals surface area contributed by atoms with Gasteiger partial charge in [0.15, 0.2) is 0 Å². The molecule has 0 aliphatic rings. The monoisotopic (exact) mass is 382 g/mol. The molecule has 7 heteroatoms. The van der Waals surface area contributed by atoms with Crippen molar-refractivity contribution in [3.63, 3.8) is 0 Å². The maximum absolute atomic E-state index is 11.5. The lowest BCUT2D eigenvalue weighted by atomic mass is 10.1. The average molecular weight is 383 g/mol. The minimum absolute atomic E-state index is 0.0995. The Balaban J connectivity index is 0.000000333. The van der Waals surface area contributed by atoms with Crippen molar-refractivity contribution in [2.75, 3.05) is 0 Å². The van der Waals surface area contributed by atoms with Gasteiger partial charge in [-0.2, -0.15) is 0 Å². The van der Waals surface area contributed by atoms with Gasteiger partial charge in [-0.15, -0.1) is 11.3 Å². The Hall–Kier alpha value is -1.73. The van der Waals surface area contributed by atoms with Crippen LogP contribution in [0, 0.1) is 5.92 Å². The molecule has 0 fully saturated rings. The van der Waals surface area contributed by atoms with Crippen LogP contribution in [-0.4, -0.2) is 17.6 Å². The first-order chi connectivity index (χ1) is 11.6. The van der Waals surface area contributed by atoms with Crippen LogP contribution in [0.1, 0.15) is 41.0 Å². The summed E-state index contributed by atoms with van der Waals surface area (Å²) in [6.07, 6.45) is -0.143. The molecule has 0 saturated carbocycles. The van der Waals surface area contributed by atoms with Crippen LogP contribution in [0.25, 0.3) is 10.1 Å². The number of carbonyl (C=O) groups is 2. The number of fused-ring (bicyclic) bond motifs is 1. The molecule has 0 unspecified atom stereocenters. The molecular formula is C18H26N2O3S2. The number of rotatable bonds is 4. The number of hydrogen-bond acceptors (Lipinski definition) is 5. The van der Waals surface area contributed by atoms with E-state index < -0.39 is 11.7 Å². The fraction of sp³-hybridized carbons (Fsp3) is 0.444. The van der Waals surface area contributed by atoms with Gasteiger partial charge in [0.2, 0.25) is 5.91 Å². The van der Waals surface area contributed by atoms with Gasteiger partial charge in [-0.25, -0.2) is 4.79 Å². The van der Waals surface area contributed by atoms with Crippen molar-refractivity contribution in [2.24, 2.45) is 11.7 Å². The Labute approximate surface area is 157 Å². The molecule has 0 atom stereocenters. The van der Waals surface area contributed by atoms with Crippen LogP contribution in [-0.2, 0) is 9.53 Å². The van der Waals surface area contributed by atoms with Gasteiger partial charge in [0.05, 0.1) is 4.21 Å². The van der Waals surface area contributed by atoms with Gasteiger partial charge in [-0.3, -0.25) is 9.52 Å². The van der Waals surface area contributed by atoms with Crippen LogP contribution in [0.2, 0.25) is 0 Å². The van der Waals surface area contributed by atoms with Crippen LogP contribution in [0.3, 0.4) is 0 Å². The van der Waals surface area contributed by atoms with Crippen LogP contribution in [0.15, 0.2) is 34.5 Å². The summed E-state index contributed by atoms with van der Waals surface area (Å²) in [6.45, 7) is 9.38. The summed E-state index contributed by atoms with van der Waals surface area (Å²) in [6, 6.07) is 10.4. The second kappa shape index (κ2) is 9.68. The maximum Gasteiger partial charge on any atom is 0.405 e. The quantitative estimate of drug-likeness (QED) is 0.733. The summed E-state index contributed by atoms with van der Waals surface area (Å²) in [5, 5.41) is 1.23. The minimum Gasteiger partial charge on any atom is -0.444 e. The van der Waals surface area contributed by atoms with Gasteiger partial charge in [-0.05, 0) is 56.2 Å². The predicted molar refractivity (Wildman–Crippen MR) is 106 cm³/mol. The topological polar surface area (TPSA) is 81.4 Å². The number of nitrogens with one attached hydrogen (secondary N) is 1. The van der Waals surface area contributed by atoms with E-state index >= 15 is 0 Å². The SMILES string of the molecule is CC(C)(C)OC(N)=O.CC(C)CC(=O)NSc1cc2ccccc2s1. The first-order valence-corrected chi connectivity index (χ1v) is 9.63. The zero-order chi connectivity index (χ0) is 19.0. The van der Waals surface area contributed by atoms with Crippen LogP contribution in [0.5, 0.6) is 0 Å². The lowest BCUT2D eigenvalue weighted by Crippen LogP contribution is -2.27. The zero-order valence-corrected chi connectivity index (χ0v) is 16.9. The maximum atomic E-state index is 11.5. The van der Waals surface area contributed by atoms with Crippen molar-refractivity contribution in [1.29, 1.82) is 0 Å². The molecule has 0 bridgehead atoms. The second-order valence-corrected chi connectivity index (χ2v) is 9.05. The van der Waals surface area contributed by atoms with E-state index in [-0.39, 0.29) is 5.91 Å². The second-order valence-electron chi connectivity index (χ2n) is 6.86. The Kier molecular flexibility index (Phi) is 8.25. The first-order valence-electron chi connectivity index (χ1n) is 7.99. The molecule has 0 saturated heterocycles. The van der Waals surface area contributed by atoms with E-state index in [1.54, 1.807) is 32.1 Å². The fourth-order valence-corrected chi connectivity index (χ4v) is 3.67. The van der Waals surface area contributed by atoms with E-state index in [9.17, 15) is 9.59 Å². The number of carbonyl (C=O) groups excluding carboxylic acids is 2. The number of primary amides is 1. The Bertz CT molecular complexity index is 673. The normalized spacial score (nSPS) is 11.0. The van der Waals surface area contributed by atoms with E-state index in [1.807, 2.05) is 26.0 Å². The standard InChI is InChI=1S/C13H15NOS2.C5H11NO2/c1-9(2)7-12(15)14-17-13-8-10-5-3-4-6-11(10)16-13;1-5(2,3)8-4(6)7/h3-6,8-9H,7H2,1-2H3,(H,14,15);1-3H3,(H2,6,7). The van der Waals surface area contributed by atoms with Crippen molar-refractivity contribution in [1.82, 2.24) is 4.72 Å². The molecule has 1 aromatic heterocycles. The van der Waals surface area contributed by atoms with Gasteiger partial charge < -0.3 is 10.5 Å². The lowest BCUT2D eigenvalue weighted by molar-refractivity contribution is -0.119. The third-order valence-corrected chi connectivity index (χ3v) is 4.73. The van der Waals surface area contributed by atoms with Crippen LogP contribution in [0.4, 0.5) is 4.79 Å². The highest BCUT2D eigenvalue weighted by Crippen LogP contribution is 2.31. The highest BCUT2D eigenvalue weighted by atomic mass is 32.2. The van der Waals surface area contributed by atoms with Gasteiger partial charge in [0.25, 0.3) is 0 Å². The Morgan fingerprint density at radius 1 is 1.28 bits per heavy atom. The molecule has 2 amide bonds. The van der Waals surface area contributed by atoms with E-state index in [2.05, 4.69) is 27.7 Å². The van der Waals surface area contributed by atoms with E-state index in [0.29, 0.717) is 12.3 Å². The predicted octanol–water partition coefficient (Wildman–Crippen LogP) is 4.95. The lowest BCUT2D eigenvalue weighted by Gasteiger charge is -2.16. The molecule has 138 valence electrons. The summed E-state index contributed by atoms with van der Waals surface area (Å²) in [5.74, 6) is 0.500. The number of amides is 2. The highest BCUT2D eigenvalue weighted by Gasteiger charge is 2.12. The fourth-order valence-electron chi connectivity index (χ4n) is 1.83. The molecule has 0 radical (unpaired) electrons. The smallest absolute Gasteiger partial charge is 0.405 e. The number of hydrogen-bond donors (Lipinski definition) is 2. The largest absolute Gasteiger partial charge is 0.444 e. The molecule has 2 rings (SSSR count). The molecule has 25 heavy (non-hydrogen) atoms. The third kappa shape index (κ3) is 9.36. The first kappa shape index (κ1) is 21.3. The molecular weight excluding hydrogens is 356 g/mol. The molecule has 3 N–H and O–H groups in total. The summed E-state index contributed by atoms with van der Waals surface area (Å²) in [7, 11) is 0. The Morgan fingerprint density at radius 2 is 1.92 bits per heavy atom. The number of ether oxygens (including phenoxy) is 1. The van der Waals surface area contributed by atoms with Gasteiger partial charge in [-0.1, -0.05) is 32.0 Å². The average Bonchev–Trinajstić information content (AvgIpc) is 2.85. The molecule has 1 aromatic carbocycles. The highest BCUT2D eigenvalue weighted by molar-refractivity contribution is 7.99. The third-order valence-electron chi connectivity index (χ3n) is 2.67. The van der Waals surface area contributed by atoms with E-state index in [4.69, 9.17) is 5.73 Å². The van der Waals surface area contributed by atoms with Gasteiger partial charge >= 0.3 is 6.09 Å². The molecule has 2 aromatic rings. The van der Waals surface area contributed by atoms with Gasteiger partial charge in [0, 0.05) is 11.1 Å². The van der Waals surface area contributed by atoms with Crippen molar-refractivity contribution < 1.29 is 14.3 Å². The molecule has 0 spiro atoms. The summed E-state index contributed by atoms with van der Waals surface area (Å²) < 4.78 is 9.84. The summed E-state index contributed by atoms with van der Waals surface area (Å²) in [5.41, 5.74) is 4.26. The van der Waals surface area contributed by atoms with E-state index in [0.717, 1.165) is 4.21 Å². The van der Waals surface area contributed by atoms with Crippen molar-refractivity contribution >= 4 is 45.4 Å². The molecule has 0 aliphatic heterocycles. The number of thiophene rings is 1. The van der Waals surface area contributed by atoms with Crippen LogP contribution >= 0.6 is 23.3 Å². The number of benzene rings is 1.